The van der Waals surface area contributed by atoms with Crippen LogP contribution >= 0.6 is 0 Å². The Balaban J connectivity index is 1.47. The molecule has 4 rings (SSSR count). The van der Waals surface area contributed by atoms with E-state index >= 15 is 0 Å². The Bertz CT molecular complexity index is 1030. The summed E-state index contributed by atoms with van der Waals surface area (Å²) in [6.45, 7) is 0.751. The number of pyridine rings is 1. The van der Waals surface area contributed by atoms with Gasteiger partial charge in [0.2, 0.25) is 0 Å². The molecule has 140 valence electrons. The number of nitrogens with zero attached hydrogens (tertiary/aromatic N) is 2. The number of halogens is 1. The minimum absolute atomic E-state index is 0.283. The summed E-state index contributed by atoms with van der Waals surface area (Å²) in [6, 6.07) is 16.4. The van der Waals surface area contributed by atoms with Crippen LogP contribution in [-0.4, -0.2) is 17.9 Å². The Hall–Kier alpha value is -3.67. The topological polar surface area (TPSA) is 57.3 Å². The average molecular weight is 374 g/mol. The van der Waals surface area contributed by atoms with Crippen molar-refractivity contribution in [3.8, 4) is 0 Å². The van der Waals surface area contributed by atoms with Crippen LogP contribution in [0.15, 0.2) is 73.2 Å². The lowest BCUT2D eigenvalue weighted by molar-refractivity contribution is -0.110. The largest absolute Gasteiger partial charge is 0.370 e. The highest BCUT2D eigenvalue weighted by atomic mass is 19.1. The summed E-state index contributed by atoms with van der Waals surface area (Å²) in [7, 11) is 2.01. The first-order valence-electron chi connectivity index (χ1n) is 8.89. The fraction of sp³-hybridized carbons (Fsp3) is 0.0909. The number of aromatic nitrogens is 1. The zero-order chi connectivity index (χ0) is 19.5. The molecule has 0 atom stereocenters. The van der Waals surface area contributed by atoms with Gasteiger partial charge >= 0.3 is 0 Å². The molecule has 5 nitrogen and oxygen atoms in total. The van der Waals surface area contributed by atoms with Crippen LogP contribution in [0.3, 0.4) is 0 Å². The maximum atomic E-state index is 14.1. The van der Waals surface area contributed by atoms with Gasteiger partial charge in [0.15, 0.2) is 0 Å². The molecule has 0 spiro atoms. The van der Waals surface area contributed by atoms with Gasteiger partial charge in [0.1, 0.15) is 5.82 Å². The van der Waals surface area contributed by atoms with Crippen molar-refractivity contribution < 1.29 is 9.18 Å². The second-order valence-corrected chi connectivity index (χ2v) is 6.58. The normalized spacial score (nSPS) is 13.9. The van der Waals surface area contributed by atoms with Gasteiger partial charge in [0.25, 0.3) is 5.91 Å². The number of carbonyl (C=O) groups excluding carboxylic acids is 1. The molecule has 0 saturated carbocycles. The van der Waals surface area contributed by atoms with Crippen molar-refractivity contribution in [2.45, 2.75) is 6.54 Å². The zero-order valence-electron chi connectivity index (χ0n) is 15.3. The molecule has 28 heavy (non-hydrogen) atoms. The van der Waals surface area contributed by atoms with Crippen molar-refractivity contribution in [1.29, 1.82) is 0 Å². The summed E-state index contributed by atoms with van der Waals surface area (Å²) in [4.78, 5) is 18.4. The molecule has 1 aromatic heterocycles. The van der Waals surface area contributed by atoms with E-state index in [4.69, 9.17) is 0 Å². The van der Waals surface area contributed by atoms with E-state index in [0.717, 1.165) is 23.5 Å². The third-order valence-electron chi connectivity index (χ3n) is 4.61. The van der Waals surface area contributed by atoms with Crippen molar-refractivity contribution >= 4 is 28.5 Å². The molecule has 2 aromatic carbocycles. The van der Waals surface area contributed by atoms with E-state index in [0.29, 0.717) is 11.3 Å². The molecule has 0 radical (unpaired) electrons. The van der Waals surface area contributed by atoms with Gasteiger partial charge in [-0.15, -0.1) is 0 Å². The summed E-state index contributed by atoms with van der Waals surface area (Å²) in [6.07, 6.45) is 5.15. The van der Waals surface area contributed by atoms with Crippen LogP contribution in [0.2, 0.25) is 0 Å². The van der Waals surface area contributed by atoms with Crippen LogP contribution in [0.25, 0.3) is 5.57 Å². The highest BCUT2D eigenvalue weighted by Gasteiger charge is 2.27. The SMILES string of the molecule is CN(Cc1cccnc1)c1ccc(NC=C2C(=O)Nc3cccc(F)c32)cc1. The van der Waals surface area contributed by atoms with Crippen molar-refractivity contribution in [2.24, 2.45) is 0 Å². The van der Waals surface area contributed by atoms with Crippen LogP contribution in [0.4, 0.5) is 21.5 Å². The zero-order valence-corrected chi connectivity index (χ0v) is 15.3. The average Bonchev–Trinajstić information content (AvgIpc) is 3.04. The Kier molecular flexibility index (Phi) is 4.76. The Morgan fingerprint density at radius 2 is 1.96 bits per heavy atom. The number of amides is 1. The molecule has 2 heterocycles. The maximum Gasteiger partial charge on any atom is 0.257 e. The number of nitrogens with one attached hydrogen (secondary N) is 2. The number of carbonyl (C=O) groups is 1. The molecule has 0 unspecified atom stereocenters. The van der Waals surface area contributed by atoms with Crippen LogP contribution in [-0.2, 0) is 11.3 Å². The molecule has 0 aliphatic carbocycles. The second kappa shape index (κ2) is 7.52. The number of anilines is 3. The van der Waals surface area contributed by atoms with E-state index in [1.54, 1.807) is 24.5 Å². The summed E-state index contributed by atoms with van der Waals surface area (Å²) in [5.41, 5.74) is 4.06. The minimum Gasteiger partial charge on any atom is -0.370 e. The molecule has 1 amide bonds. The van der Waals surface area contributed by atoms with Gasteiger partial charge in [-0.25, -0.2) is 4.39 Å². The van der Waals surface area contributed by atoms with Crippen molar-refractivity contribution in [1.82, 2.24) is 4.98 Å². The highest BCUT2D eigenvalue weighted by molar-refractivity contribution is 6.31. The van der Waals surface area contributed by atoms with E-state index < -0.39 is 5.82 Å². The number of fused-ring (bicyclic) bond motifs is 1. The number of hydrogen-bond acceptors (Lipinski definition) is 4. The van der Waals surface area contributed by atoms with E-state index in [1.807, 2.05) is 49.6 Å². The Labute approximate surface area is 162 Å². The molecule has 0 saturated heterocycles. The quantitative estimate of drug-likeness (QED) is 0.655. The molecule has 1 aliphatic rings. The molecule has 0 bridgehead atoms. The molecular formula is C22H19FN4O. The standard InChI is InChI=1S/C22H19FN4O/c1-27(14-15-4-3-11-24-12-15)17-9-7-16(8-10-17)25-13-18-21-19(23)5-2-6-20(21)26-22(18)28/h2-13,25H,14H2,1H3,(H,26,28). The molecular weight excluding hydrogens is 355 g/mol. The predicted octanol–water partition coefficient (Wildman–Crippen LogP) is 4.26. The van der Waals surface area contributed by atoms with E-state index in [1.165, 1.54) is 6.07 Å². The third-order valence-corrected chi connectivity index (χ3v) is 4.61. The van der Waals surface area contributed by atoms with E-state index in [9.17, 15) is 9.18 Å². The first-order valence-corrected chi connectivity index (χ1v) is 8.89. The van der Waals surface area contributed by atoms with Gasteiger partial charge in [0.05, 0.1) is 11.3 Å². The molecule has 6 heteroatoms. The highest BCUT2D eigenvalue weighted by Crippen LogP contribution is 2.33. The van der Waals surface area contributed by atoms with Crippen molar-refractivity contribution in [2.75, 3.05) is 22.6 Å². The lowest BCUT2D eigenvalue weighted by Gasteiger charge is -2.19. The summed E-state index contributed by atoms with van der Waals surface area (Å²) >= 11 is 0. The third kappa shape index (κ3) is 3.57. The monoisotopic (exact) mass is 374 g/mol. The Morgan fingerprint density at radius 1 is 1.14 bits per heavy atom. The first kappa shape index (κ1) is 17.7. The molecule has 2 N–H and O–H groups in total. The van der Waals surface area contributed by atoms with Crippen molar-refractivity contribution in [3.05, 3.63) is 90.1 Å². The number of benzene rings is 2. The first-order chi connectivity index (χ1) is 13.6. The number of hydrogen-bond donors (Lipinski definition) is 2. The predicted molar refractivity (Wildman–Crippen MR) is 109 cm³/mol. The van der Waals surface area contributed by atoms with Gasteiger partial charge in [-0.05, 0) is 48.0 Å². The minimum atomic E-state index is -0.420. The molecule has 0 fully saturated rings. The molecule has 1 aliphatic heterocycles. The molecule has 3 aromatic rings. The second-order valence-electron chi connectivity index (χ2n) is 6.58. The lowest BCUT2D eigenvalue weighted by atomic mass is 10.1. The van der Waals surface area contributed by atoms with Crippen LogP contribution in [0.1, 0.15) is 11.1 Å². The maximum absolute atomic E-state index is 14.1. The van der Waals surface area contributed by atoms with E-state index in [2.05, 4.69) is 20.5 Å². The fourth-order valence-corrected chi connectivity index (χ4v) is 3.17. The lowest BCUT2D eigenvalue weighted by Crippen LogP contribution is -2.16. The van der Waals surface area contributed by atoms with Gasteiger partial charge < -0.3 is 15.5 Å². The van der Waals surface area contributed by atoms with Crippen LogP contribution in [0, 0.1) is 5.82 Å². The van der Waals surface area contributed by atoms with Crippen molar-refractivity contribution in [3.63, 3.8) is 0 Å². The van der Waals surface area contributed by atoms with Gasteiger partial charge in [-0.3, -0.25) is 9.78 Å². The Morgan fingerprint density at radius 3 is 2.71 bits per heavy atom. The number of rotatable bonds is 5. The van der Waals surface area contributed by atoms with Crippen LogP contribution < -0.4 is 15.5 Å². The summed E-state index contributed by atoms with van der Waals surface area (Å²) < 4.78 is 14.1. The smallest absolute Gasteiger partial charge is 0.257 e. The van der Waals surface area contributed by atoms with E-state index in [-0.39, 0.29) is 11.5 Å². The van der Waals surface area contributed by atoms with Gasteiger partial charge in [-0.2, -0.15) is 0 Å². The fourth-order valence-electron chi connectivity index (χ4n) is 3.17. The van der Waals surface area contributed by atoms with Crippen LogP contribution in [0.5, 0.6) is 0 Å². The summed E-state index contributed by atoms with van der Waals surface area (Å²) in [5.74, 6) is -0.739. The van der Waals surface area contributed by atoms with Gasteiger partial charge in [-0.1, -0.05) is 12.1 Å². The van der Waals surface area contributed by atoms with Gasteiger partial charge in [0, 0.05) is 49.1 Å². The summed E-state index contributed by atoms with van der Waals surface area (Å²) in [5, 5.41) is 5.76.